The lowest BCUT2D eigenvalue weighted by Gasteiger charge is -2.24. The maximum Gasteiger partial charge on any atom is 0.236 e. The zero-order chi connectivity index (χ0) is 10.6. The Morgan fingerprint density at radius 2 is 2.07 bits per heavy atom. The van der Waals surface area contributed by atoms with Gasteiger partial charge in [0, 0.05) is 19.7 Å². The first kappa shape index (κ1) is 12.0. The molecule has 1 aliphatic heterocycles. The van der Waals surface area contributed by atoms with Crippen molar-refractivity contribution in [1.29, 1.82) is 0 Å². The highest BCUT2D eigenvalue weighted by Crippen LogP contribution is 2.16. The fourth-order valence-corrected chi connectivity index (χ4v) is 1.72. The summed E-state index contributed by atoms with van der Waals surface area (Å²) in [7, 11) is 0. The number of alkyl halides is 1. The second-order valence-corrected chi connectivity index (χ2v) is 4.92. The number of nitrogens with zero attached hydrogens (tertiary/aromatic N) is 1. The van der Waals surface area contributed by atoms with Gasteiger partial charge in [0.1, 0.15) is 0 Å². The summed E-state index contributed by atoms with van der Waals surface area (Å²) in [4.78, 5) is 13.8. The Morgan fingerprint density at radius 1 is 1.36 bits per heavy atom. The monoisotopic (exact) mass is 263 g/mol. The third-order valence-corrected chi connectivity index (χ3v) is 3.80. The van der Waals surface area contributed by atoms with E-state index in [1.807, 2.05) is 18.7 Å². The van der Waals surface area contributed by atoms with E-state index < -0.39 is 0 Å². The van der Waals surface area contributed by atoms with E-state index in [1.54, 1.807) is 0 Å². The molecule has 1 saturated heterocycles. The average molecular weight is 264 g/mol. The molecule has 0 aliphatic carbocycles. The number of halogens is 1. The average Bonchev–Trinajstić information content (AvgIpc) is 2.43. The lowest BCUT2D eigenvalue weighted by atomic mass is 10.1. The van der Waals surface area contributed by atoms with E-state index in [1.165, 1.54) is 0 Å². The number of rotatable bonds is 2. The first-order valence-electron chi connectivity index (χ1n) is 5.13. The third kappa shape index (κ3) is 3.24. The summed E-state index contributed by atoms with van der Waals surface area (Å²) in [5.74, 6) is 0.539. The molecule has 14 heavy (non-hydrogen) atoms. The van der Waals surface area contributed by atoms with Gasteiger partial charge in [0.25, 0.3) is 0 Å². The topological polar surface area (TPSA) is 29.5 Å². The van der Waals surface area contributed by atoms with E-state index in [2.05, 4.69) is 15.9 Å². The molecule has 1 amide bonds. The van der Waals surface area contributed by atoms with Crippen LogP contribution in [-0.2, 0) is 9.53 Å². The predicted molar refractivity (Wildman–Crippen MR) is 59.6 cm³/mol. The second-order valence-electron chi connectivity index (χ2n) is 3.94. The smallest absolute Gasteiger partial charge is 0.236 e. The summed E-state index contributed by atoms with van der Waals surface area (Å²) >= 11 is 3.44. The fraction of sp³-hybridized carbons (Fsp3) is 0.900. The van der Waals surface area contributed by atoms with Gasteiger partial charge in [-0.3, -0.25) is 4.79 Å². The van der Waals surface area contributed by atoms with Gasteiger partial charge in [-0.15, -0.1) is 0 Å². The van der Waals surface area contributed by atoms with Crippen LogP contribution in [0.15, 0.2) is 0 Å². The highest BCUT2D eigenvalue weighted by atomic mass is 79.9. The van der Waals surface area contributed by atoms with E-state index in [4.69, 9.17) is 4.74 Å². The van der Waals surface area contributed by atoms with Crippen molar-refractivity contribution < 1.29 is 9.53 Å². The van der Waals surface area contributed by atoms with Crippen molar-refractivity contribution in [2.75, 3.05) is 26.3 Å². The standard InChI is InChI=1S/C10H18BrNO2/c1-8(2)9(11)10(13)12-4-3-6-14-7-5-12/h8-9H,3-7H2,1-2H3. The van der Waals surface area contributed by atoms with Crippen LogP contribution in [-0.4, -0.2) is 41.9 Å². The molecule has 1 aliphatic rings. The number of ether oxygens (including phenoxy) is 1. The molecule has 0 bridgehead atoms. The molecule has 0 radical (unpaired) electrons. The Hall–Kier alpha value is -0.0900. The van der Waals surface area contributed by atoms with E-state index >= 15 is 0 Å². The Labute approximate surface area is 93.9 Å². The highest BCUT2D eigenvalue weighted by Gasteiger charge is 2.24. The second kappa shape index (κ2) is 5.71. The predicted octanol–water partition coefficient (Wildman–Crippen LogP) is 1.65. The van der Waals surface area contributed by atoms with Gasteiger partial charge in [0.2, 0.25) is 5.91 Å². The Bertz CT molecular complexity index is 189. The van der Waals surface area contributed by atoms with Gasteiger partial charge >= 0.3 is 0 Å². The number of amides is 1. The summed E-state index contributed by atoms with van der Waals surface area (Å²) in [6.45, 7) is 7.10. The largest absolute Gasteiger partial charge is 0.380 e. The normalized spacial score (nSPS) is 20.7. The summed E-state index contributed by atoms with van der Waals surface area (Å²) < 4.78 is 5.31. The minimum Gasteiger partial charge on any atom is -0.380 e. The third-order valence-electron chi connectivity index (χ3n) is 2.36. The van der Waals surface area contributed by atoms with Gasteiger partial charge in [-0.25, -0.2) is 0 Å². The van der Waals surface area contributed by atoms with Crippen molar-refractivity contribution in [2.45, 2.75) is 25.1 Å². The van der Waals surface area contributed by atoms with Crippen molar-refractivity contribution in [2.24, 2.45) is 5.92 Å². The van der Waals surface area contributed by atoms with Crippen LogP contribution >= 0.6 is 15.9 Å². The van der Waals surface area contributed by atoms with Crippen LogP contribution in [0.3, 0.4) is 0 Å². The number of hydrogen-bond acceptors (Lipinski definition) is 2. The van der Waals surface area contributed by atoms with Gasteiger partial charge < -0.3 is 9.64 Å². The molecule has 0 spiro atoms. The molecule has 1 atom stereocenters. The molecule has 1 fully saturated rings. The van der Waals surface area contributed by atoms with Crippen molar-refractivity contribution in [1.82, 2.24) is 4.90 Å². The molecular weight excluding hydrogens is 246 g/mol. The number of hydrogen-bond donors (Lipinski definition) is 0. The van der Waals surface area contributed by atoms with Crippen LogP contribution in [0.4, 0.5) is 0 Å². The minimum absolute atomic E-state index is 0.0550. The van der Waals surface area contributed by atoms with Gasteiger partial charge in [-0.2, -0.15) is 0 Å². The summed E-state index contributed by atoms with van der Waals surface area (Å²) in [6.07, 6.45) is 0.948. The van der Waals surface area contributed by atoms with Gasteiger partial charge in [0.15, 0.2) is 0 Å². The number of carbonyl (C=O) groups excluding carboxylic acids is 1. The van der Waals surface area contributed by atoms with E-state index in [0.29, 0.717) is 12.5 Å². The number of carbonyl (C=O) groups is 1. The summed E-state index contributed by atoms with van der Waals surface area (Å²) in [5, 5.41) is 0. The Balaban J connectivity index is 2.49. The maximum atomic E-state index is 11.9. The molecule has 4 heteroatoms. The molecule has 1 rings (SSSR count). The van der Waals surface area contributed by atoms with E-state index in [-0.39, 0.29) is 10.7 Å². The quantitative estimate of drug-likeness (QED) is 0.710. The van der Waals surface area contributed by atoms with Crippen LogP contribution < -0.4 is 0 Å². The molecule has 0 aromatic rings. The van der Waals surface area contributed by atoms with Crippen LogP contribution in [0.1, 0.15) is 20.3 Å². The molecule has 3 nitrogen and oxygen atoms in total. The molecule has 1 unspecified atom stereocenters. The van der Waals surface area contributed by atoms with Crippen molar-refractivity contribution in [3.63, 3.8) is 0 Å². The van der Waals surface area contributed by atoms with Gasteiger partial charge in [0.05, 0.1) is 11.4 Å². The van der Waals surface area contributed by atoms with Crippen LogP contribution in [0.5, 0.6) is 0 Å². The maximum absolute atomic E-state index is 11.9. The first-order chi connectivity index (χ1) is 6.63. The SMILES string of the molecule is CC(C)C(Br)C(=O)N1CCCOCC1. The van der Waals surface area contributed by atoms with E-state index in [0.717, 1.165) is 26.1 Å². The molecule has 82 valence electrons. The van der Waals surface area contributed by atoms with Crippen molar-refractivity contribution in [3.8, 4) is 0 Å². The highest BCUT2D eigenvalue weighted by molar-refractivity contribution is 9.10. The van der Waals surface area contributed by atoms with Crippen LogP contribution in [0.2, 0.25) is 0 Å². The Morgan fingerprint density at radius 3 is 2.71 bits per heavy atom. The lowest BCUT2D eigenvalue weighted by Crippen LogP contribution is -2.40. The molecule has 0 aromatic heterocycles. The lowest BCUT2D eigenvalue weighted by molar-refractivity contribution is -0.131. The minimum atomic E-state index is -0.0550. The summed E-state index contributed by atoms with van der Waals surface area (Å²) in [5.41, 5.74) is 0. The van der Waals surface area contributed by atoms with E-state index in [9.17, 15) is 4.79 Å². The first-order valence-corrected chi connectivity index (χ1v) is 6.05. The van der Waals surface area contributed by atoms with Gasteiger partial charge in [-0.1, -0.05) is 29.8 Å². The van der Waals surface area contributed by atoms with Crippen LogP contribution in [0.25, 0.3) is 0 Å². The zero-order valence-corrected chi connectivity index (χ0v) is 10.4. The Kier molecular flexibility index (Phi) is 4.89. The van der Waals surface area contributed by atoms with Crippen molar-refractivity contribution >= 4 is 21.8 Å². The van der Waals surface area contributed by atoms with Gasteiger partial charge in [-0.05, 0) is 12.3 Å². The molecular formula is C10H18BrNO2. The fourth-order valence-electron chi connectivity index (χ4n) is 1.43. The zero-order valence-electron chi connectivity index (χ0n) is 8.83. The molecule has 0 N–H and O–H groups in total. The summed E-state index contributed by atoms with van der Waals surface area (Å²) in [6, 6.07) is 0. The molecule has 0 saturated carbocycles. The molecule has 0 aromatic carbocycles. The molecule has 1 heterocycles. The van der Waals surface area contributed by atoms with Crippen LogP contribution in [0, 0.1) is 5.92 Å². The van der Waals surface area contributed by atoms with Crippen molar-refractivity contribution in [3.05, 3.63) is 0 Å².